The van der Waals surface area contributed by atoms with Gasteiger partial charge in [0, 0.05) is 21.9 Å². The minimum absolute atomic E-state index is 0.161. The molecule has 1 aromatic carbocycles. The Morgan fingerprint density at radius 2 is 2.29 bits per heavy atom. The van der Waals surface area contributed by atoms with Crippen LogP contribution in [0.5, 0.6) is 0 Å². The number of halogens is 2. The van der Waals surface area contributed by atoms with Gasteiger partial charge in [-0.3, -0.25) is 4.31 Å². The lowest BCUT2D eigenvalue weighted by molar-refractivity contribution is 0.603. The van der Waals surface area contributed by atoms with E-state index in [-0.39, 0.29) is 5.82 Å². The Balaban J connectivity index is 2.59. The molecule has 0 fully saturated rings. The number of benzene rings is 1. The van der Waals surface area contributed by atoms with Crippen LogP contribution in [0.3, 0.4) is 0 Å². The summed E-state index contributed by atoms with van der Waals surface area (Å²) in [6.45, 7) is 0. The normalized spacial score (nSPS) is 20.8. The second-order valence-electron chi connectivity index (χ2n) is 3.13. The molecule has 0 aromatic heterocycles. The fourth-order valence-corrected chi connectivity index (χ4v) is 3.10. The molecule has 0 saturated heterocycles. The summed E-state index contributed by atoms with van der Waals surface area (Å²) in [6.07, 6.45) is 0.564. The Hall–Kier alpha value is -0.170. The molecule has 5 heteroatoms. The van der Waals surface area contributed by atoms with Gasteiger partial charge in [0.1, 0.15) is 16.8 Å². The summed E-state index contributed by atoms with van der Waals surface area (Å²) >= 11 is 1.97. The minimum atomic E-state index is -0.997. The number of hydrogen-bond donors (Lipinski definition) is 0. The maximum Gasteiger partial charge on any atom is 0.141 e. The van der Waals surface area contributed by atoms with E-state index in [1.54, 1.807) is 17.4 Å². The van der Waals surface area contributed by atoms with Crippen molar-refractivity contribution in [2.45, 2.75) is 6.42 Å². The van der Waals surface area contributed by atoms with E-state index in [2.05, 4.69) is 0 Å². The summed E-state index contributed by atoms with van der Waals surface area (Å²) in [4.78, 5) is 0. The van der Waals surface area contributed by atoms with E-state index in [9.17, 15) is 8.60 Å². The summed E-state index contributed by atoms with van der Waals surface area (Å²) in [7, 11) is 0.740. The van der Waals surface area contributed by atoms with Crippen molar-refractivity contribution in [1.82, 2.24) is 0 Å². The van der Waals surface area contributed by atoms with Gasteiger partial charge < -0.3 is 0 Å². The average Bonchev–Trinajstić information content (AvgIpc) is 2.17. The molecule has 1 aliphatic rings. The summed E-state index contributed by atoms with van der Waals surface area (Å²) in [5.74, 6) is 0.354. The topological polar surface area (TPSA) is 20.3 Å². The van der Waals surface area contributed by atoms with Gasteiger partial charge in [-0.1, -0.05) is 0 Å². The molecular weight excluding hydrogens is 316 g/mol. The number of hydrogen-bond acceptors (Lipinski definition) is 1. The third kappa shape index (κ3) is 1.56. The quantitative estimate of drug-likeness (QED) is 0.669. The lowest BCUT2D eigenvalue weighted by atomic mass is 10.1. The maximum atomic E-state index is 13.7. The van der Waals surface area contributed by atoms with Crippen LogP contribution in [-0.4, -0.2) is 17.0 Å². The predicted molar refractivity (Wildman–Crippen MR) is 64.2 cm³/mol. The first-order valence-electron chi connectivity index (χ1n) is 4.20. The molecule has 0 bridgehead atoms. The third-order valence-electron chi connectivity index (χ3n) is 2.34. The van der Waals surface area contributed by atoms with Crippen molar-refractivity contribution in [3.05, 3.63) is 27.1 Å². The summed E-state index contributed by atoms with van der Waals surface area (Å²) in [5, 5.41) is 0. The van der Waals surface area contributed by atoms with Crippen molar-refractivity contribution in [2.24, 2.45) is 0 Å². The van der Waals surface area contributed by atoms with E-state index in [1.807, 2.05) is 28.7 Å². The number of nitrogens with zero attached hydrogens (tertiary/aromatic N) is 1. The van der Waals surface area contributed by atoms with Crippen LogP contribution in [0.2, 0.25) is 0 Å². The fourth-order valence-electron chi connectivity index (χ4n) is 1.55. The standard InChI is InChI=1S/C9H9FINOS/c1-12-8-3-2-7(11)9(10)6(8)4-5-14(12)13/h2-3H,4-5H2,1H3. The highest BCUT2D eigenvalue weighted by molar-refractivity contribution is 14.1. The molecule has 0 radical (unpaired) electrons. The van der Waals surface area contributed by atoms with Crippen molar-refractivity contribution in [2.75, 3.05) is 17.1 Å². The maximum absolute atomic E-state index is 13.7. The highest BCUT2D eigenvalue weighted by Gasteiger charge is 2.23. The predicted octanol–water partition coefficient (Wildman–Crippen LogP) is 2.09. The van der Waals surface area contributed by atoms with Crippen LogP contribution in [0.25, 0.3) is 0 Å². The first-order chi connectivity index (χ1) is 6.61. The Morgan fingerprint density at radius 3 is 3.00 bits per heavy atom. The van der Waals surface area contributed by atoms with Crippen LogP contribution in [-0.2, 0) is 17.4 Å². The van der Waals surface area contributed by atoms with Gasteiger partial charge in [-0.15, -0.1) is 0 Å². The molecule has 0 spiro atoms. The van der Waals surface area contributed by atoms with Crippen LogP contribution in [0, 0.1) is 9.39 Å². The molecule has 0 saturated carbocycles. The highest BCUT2D eigenvalue weighted by atomic mass is 127. The van der Waals surface area contributed by atoms with E-state index >= 15 is 0 Å². The molecular formula is C9H9FINOS. The monoisotopic (exact) mass is 325 g/mol. The first-order valence-corrected chi connectivity index (χ1v) is 6.56. The van der Waals surface area contributed by atoms with Crippen LogP contribution in [0.15, 0.2) is 12.1 Å². The van der Waals surface area contributed by atoms with E-state index in [4.69, 9.17) is 0 Å². The molecule has 1 atom stereocenters. The fraction of sp³-hybridized carbons (Fsp3) is 0.333. The van der Waals surface area contributed by atoms with Crippen molar-refractivity contribution >= 4 is 39.3 Å². The zero-order valence-corrected chi connectivity index (χ0v) is 10.6. The largest absolute Gasteiger partial charge is 0.294 e. The van der Waals surface area contributed by atoms with Gasteiger partial charge in [-0.25, -0.2) is 8.60 Å². The molecule has 76 valence electrons. The second kappa shape index (κ2) is 3.77. The van der Waals surface area contributed by atoms with Gasteiger partial charge in [-0.2, -0.15) is 0 Å². The molecule has 2 rings (SSSR count). The lowest BCUT2D eigenvalue weighted by Gasteiger charge is -2.26. The lowest BCUT2D eigenvalue weighted by Crippen LogP contribution is -2.29. The van der Waals surface area contributed by atoms with Crippen molar-refractivity contribution < 1.29 is 8.60 Å². The third-order valence-corrected chi connectivity index (χ3v) is 4.54. The van der Waals surface area contributed by atoms with Crippen LogP contribution in [0.4, 0.5) is 10.1 Å². The molecule has 0 aliphatic carbocycles. The van der Waals surface area contributed by atoms with Crippen LogP contribution < -0.4 is 4.31 Å². The molecule has 1 heterocycles. The van der Waals surface area contributed by atoms with E-state index in [1.165, 1.54) is 0 Å². The molecule has 2 nitrogen and oxygen atoms in total. The Morgan fingerprint density at radius 1 is 1.57 bits per heavy atom. The minimum Gasteiger partial charge on any atom is -0.294 e. The Labute approximate surface area is 98.2 Å². The summed E-state index contributed by atoms with van der Waals surface area (Å²) in [5.41, 5.74) is 1.45. The Bertz CT molecular complexity index is 410. The van der Waals surface area contributed by atoms with Gasteiger partial charge in [0.2, 0.25) is 0 Å². The first kappa shape index (κ1) is 10.4. The smallest absolute Gasteiger partial charge is 0.141 e. The van der Waals surface area contributed by atoms with Gasteiger partial charge in [0.05, 0.1) is 5.69 Å². The molecule has 1 aromatic rings. The molecule has 1 aliphatic heterocycles. The van der Waals surface area contributed by atoms with E-state index in [0.29, 0.717) is 21.3 Å². The van der Waals surface area contributed by atoms with Gasteiger partial charge in [0.25, 0.3) is 0 Å². The van der Waals surface area contributed by atoms with Crippen LogP contribution in [0.1, 0.15) is 5.56 Å². The van der Waals surface area contributed by atoms with Crippen molar-refractivity contribution in [3.63, 3.8) is 0 Å². The van der Waals surface area contributed by atoms with Crippen LogP contribution >= 0.6 is 22.6 Å². The molecule has 14 heavy (non-hydrogen) atoms. The van der Waals surface area contributed by atoms with E-state index < -0.39 is 11.0 Å². The zero-order chi connectivity index (χ0) is 10.3. The summed E-state index contributed by atoms with van der Waals surface area (Å²) in [6, 6.07) is 3.55. The van der Waals surface area contributed by atoms with Gasteiger partial charge in [-0.05, 0) is 41.1 Å². The summed E-state index contributed by atoms with van der Waals surface area (Å²) < 4.78 is 27.4. The Kier molecular flexibility index (Phi) is 2.79. The van der Waals surface area contributed by atoms with Gasteiger partial charge >= 0.3 is 0 Å². The highest BCUT2D eigenvalue weighted by Crippen LogP contribution is 2.30. The van der Waals surface area contributed by atoms with Crippen molar-refractivity contribution in [1.29, 1.82) is 0 Å². The molecule has 0 amide bonds. The number of fused-ring (bicyclic) bond motifs is 1. The molecule has 1 unspecified atom stereocenters. The molecule has 0 N–H and O–H groups in total. The number of anilines is 1. The zero-order valence-electron chi connectivity index (χ0n) is 7.59. The SMILES string of the molecule is CN1c2ccc(I)c(F)c2CCS1=O. The van der Waals surface area contributed by atoms with Crippen molar-refractivity contribution in [3.8, 4) is 0 Å². The van der Waals surface area contributed by atoms with Gasteiger partial charge in [0.15, 0.2) is 0 Å². The second-order valence-corrected chi connectivity index (χ2v) is 5.89. The average molecular weight is 325 g/mol. The van der Waals surface area contributed by atoms with E-state index in [0.717, 1.165) is 5.69 Å². The number of rotatable bonds is 0.